The zero-order valence-electron chi connectivity index (χ0n) is 16.4. The van der Waals surface area contributed by atoms with Crippen LogP contribution in [0.15, 0.2) is 35.2 Å². The van der Waals surface area contributed by atoms with E-state index in [2.05, 4.69) is 10.6 Å². The highest BCUT2D eigenvalue weighted by Gasteiger charge is 2.31. The molecule has 11 heteroatoms. The molecule has 1 aromatic carbocycles. The average Bonchev–Trinajstić information content (AvgIpc) is 3.09. The molecule has 0 radical (unpaired) electrons. The van der Waals surface area contributed by atoms with E-state index in [1.807, 2.05) is 0 Å². The molecule has 9 nitrogen and oxygen atoms in total. The molecule has 0 fully saturated rings. The fourth-order valence-electron chi connectivity index (χ4n) is 3.19. The monoisotopic (exact) mass is 451 g/mol. The summed E-state index contributed by atoms with van der Waals surface area (Å²) in [5.41, 5.74) is 1.04. The zero-order valence-corrected chi connectivity index (χ0v) is 18.1. The van der Waals surface area contributed by atoms with Gasteiger partial charge in [0.1, 0.15) is 10.8 Å². The van der Waals surface area contributed by atoms with Gasteiger partial charge in [0.05, 0.1) is 24.1 Å². The molecular weight excluding hydrogens is 430 g/mol. The third-order valence-corrected chi connectivity index (χ3v) is 7.39. The Balaban J connectivity index is 1.85. The third kappa shape index (κ3) is 4.46. The van der Waals surface area contributed by atoms with Crippen molar-refractivity contribution in [2.75, 3.05) is 31.8 Å². The number of anilines is 1. The number of carbonyl (C=O) groups is 3. The first-order chi connectivity index (χ1) is 14.3. The molecule has 2 N–H and O–H groups in total. The quantitative estimate of drug-likeness (QED) is 0.713. The first kappa shape index (κ1) is 21.8. The molecule has 0 bridgehead atoms. The average molecular weight is 452 g/mol. The van der Waals surface area contributed by atoms with Gasteiger partial charge in [0, 0.05) is 18.5 Å². The first-order valence-electron chi connectivity index (χ1n) is 9.04. The number of carbonyl (C=O) groups excluding carboxylic acids is 3. The van der Waals surface area contributed by atoms with Crippen LogP contribution in [-0.4, -0.2) is 57.7 Å². The van der Waals surface area contributed by atoms with E-state index in [1.54, 1.807) is 18.2 Å². The highest BCUT2D eigenvalue weighted by atomic mass is 32.2. The van der Waals surface area contributed by atoms with Gasteiger partial charge in [-0.2, -0.15) is 0 Å². The maximum Gasteiger partial charge on any atom is 0.409 e. The lowest BCUT2D eigenvalue weighted by Gasteiger charge is -2.25. The number of ether oxygens (including phenoxy) is 1. The van der Waals surface area contributed by atoms with Gasteiger partial charge >= 0.3 is 6.09 Å². The first-order valence-corrected chi connectivity index (χ1v) is 11.5. The van der Waals surface area contributed by atoms with Crippen molar-refractivity contribution in [2.45, 2.75) is 17.9 Å². The van der Waals surface area contributed by atoms with Gasteiger partial charge in [-0.05, 0) is 24.1 Å². The number of sulfone groups is 1. The van der Waals surface area contributed by atoms with Crippen LogP contribution in [0.2, 0.25) is 0 Å². The highest BCUT2D eigenvalue weighted by molar-refractivity contribution is 7.92. The number of amides is 3. The van der Waals surface area contributed by atoms with Crippen molar-refractivity contribution < 1.29 is 27.5 Å². The molecule has 0 atom stereocenters. The van der Waals surface area contributed by atoms with Gasteiger partial charge in [-0.3, -0.25) is 9.59 Å². The number of nitrogens with zero attached hydrogens (tertiary/aromatic N) is 1. The highest BCUT2D eigenvalue weighted by Crippen LogP contribution is 2.37. The molecule has 3 amide bonds. The van der Waals surface area contributed by atoms with E-state index in [-0.39, 0.29) is 22.3 Å². The van der Waals surface area contributed by atoms with E-state index in [1.165, 1.54) is 31.2 Å². The minimum absolute atomic E-state index is 0.0471. The van der Waals surface area contributed by atoms with Crippen molar-refractivity contribution in [2.24, 2.45) is 0 Å². The van der Waals surface area contributed by atoms with Gasteiger partial charge in [0.15, 0.2) is 9.84 Å². The van der Waals surface area contributed by atoms with Crippen LogP contribution < -0.4 is 10.6 Å². The molecule has 1 aliphatic heterocycles. The van der Waals surface area contributed by atoms with Crippen molar-refractivity contribution in [1.29, 1.82) is 0 Å². The number of benzene rings is 1. The zero-order chi connectivity index (χ0) is 21.9. The van der Waals surface area contributed by atoms with E-state index >= 15 is 0 Å². The normalized spacial score (nSPS) is 13.3. The van der Waals surface area contributed by atoms with Crippen molar-refractivity contribution in [1.82, 2.24) is 10.2 Å². The second-order valence-electron chi connectivity index (χ2n) is 6.55. The number of hydrogen-bond donors (Lipinski definition) is 2. The van der Waals surface area contributed by atoms with E-state index in [0.29, 0.717) is 18.5 Å². The topological polar surface area (TPSA) is 122 Å². The third-order valence-electron chi connectivity index (χ3n) is 4.62. The maximum absolute atomic E-state index is 12.5. The molecule has 2 aromatic rings. The van der Waals surface area contributed by atoms with Gasteiger partial charge in [-0.1, -0.05) is 18.2 Å². The Bertz CT molecular complexity index is 1080. The number of methoxy groups -OCH3 is 1. The van der Waals surface area contributed by atoms with E-state index in [0.717, 1.165) is 21.8 Å². The van der Waals surface area contributed by atoms with E-state index < -0.39 is 27.6 Å². The van der Waals surface area contributed by atoms with Gasteiger partial charge < -0.3 is 20.3 Å². The van der Waals surface area contributed by atoms with Crippen molar-refractivity contribution in [3.05, 3.63) is 46.3 Å². The summed E-state index contributed by atoms with van der Waals surface area (Å²) in [4.78, 5) is 39.1. The van der Waals surface area contributed by atoms with Crippen LogP contribution in [-0.2, 0) is 32.3 Å². The van der Waals surface area contributed by atoms with Crippen molar-refractivity contribution >= 4 is 44.1 Å². The summed E-state index contributed by atoms with van der Waals surface area (Å²) < 4.78 is 29.7. The maximum atomic E-state index is 12.5. The Morgan fingerprint density at radius 2 is 1.90 bits per heavy atom. The molecule has 1 aliphatic rings. The fourth-order valence-corrected chi connectivity index (χ4v) is 5.62. The largest absolute Gasteiger partial charge is 0.453 e. The fraction of sp³-hybridized carbons (Fsp3) is 0.316. The molecule has 160 valence electrons. The van der Waals surface area contributed by atoms with Gasteiger partial charge in [0.2, 0.25) is 5.91 Å². The Hall–Kier alpha value is -2.92. The summed E-state index contributed by atoms with van der Waals surface area (Å²) in [6.07, 6.45) is -0.0583. The minimum Gasteiger partial charge on any atom is -0.453 e. The Labute approximate surface area is 177 Å². The molecule has 30 heavy (non-hydrogen) atoms. The summed E-state index contributed by atoms with van der Waals surface area (Å²) in [6, 6.07) is 7.68. The van der Waals surface area contributed by atoms with Crippen molar-refractivity contribution in [3.8, 4) is 0 Å². The summed E-state index contributed by atoms with van der Waals surface area (Å²) >= 11 is 1.15. The van der Waals surface area contributed by atoms with E-state index in [9.17, 15) is 22.8 Å². The summed E-state index contributed by atoms with van der Waals surface area (Å²) in [7, 11) is -1.05. The molecule has 1 aromatic heterocycles. The molecule has 0 aliphatic carbocycles. The number of nitrogens with one attached hydrogen (secondary N) is 2. The van der Waals surface area contributed by atoms with Gasteiger partial charge in [-0.25, -0.2) is 13.2 Å². The summed E-state index contributed by atoms with van der Waals surface area (Å²) in [5, 5.41) is 5.38. The summed E-state index contributed by atoms with van der Waals surface area (Å²) in [6.45, 7) is 0.616. The van der Waals surface area contributed by atoms with Crippen LogP contribution in [0.1, 0.15) is 20.8 Å². The SMILES string of the molecule is CNC(=O)c1c(NC(=O)CS(=O)(=O)c2ccccc2)sc2c1CCN(C(=O)OC)C2. The lowest BCUT2D eigenvalue weighted by molar-refractivity contribution is -0.113. The van der Waals surface area contributed by atoms with Gasteiger partial charge in [-0.15, -0.1) is 11.3 Å². The van der Waals surface area contributed by atoms with E-state index in [4.69, 9.17) is 4.74 Å². The lowest BCUT2D eigenvalue weighted by atomic mass is 10.0. The molecule has 3 rings (SSSR count). The number of hydrogen-bond acceptors (Lipinski definition) is 7. The van der Waals surface area contributed by atoms with Gasteiger partial charge in [0.25, 0.3) is 5.91 Å². The Morgan fingerprint density at radius 1 is 1.20 bits per heavy atom. The molecular formula is C19H21N3O6S2. The predicted molar refractivity (Wildman–Crippen MR) is 111 cm³/mol. The second kappa shape index (κ2) is 8.84. The molecule has 0 spiro atoms. The second-order valence-corrected chi connectivity index (χ2v) is 9.64. The van der Waals surface area contributed by atoms with Crippen molar-refractivity contribution in [3.63, 3.8) is 0 Å². The molecule has 0 unspecified atom stereocenters. The Kier molecular flexibility index (Phi) is 6.42. The molecule has 2 heterocycles. The van der Waals surface area contributed by atoms with Crippen LogP contribution in [0.4, 0.5) is 9.80 Å². The van der Waals surface area contributed by atoms with Crippen LogP contribution in [0.5, 0.6) is 0 Å². The van der Waals surface area contributed by atoms with Crippen LogP contribution in [0.25, 0.3) is 0 Å². The Morgan fingerprint density at radius 3 is 2.53 bits per heavy atom. The van der Waals surface area contributed by atoms with Crippen LogP contribution in [0, 0.1) is 0 Å². The standard InChI is InChI=1S/C19H21N3O6S2/c1-20-17(24)16-13-8-9-22(19(25)28-2)10-14(13)29-18(16)21-15(23)11-30(26,27)12-6-4-3-5-7-12/h3-7H,8-11H2,1-2H3,(H,20,24)(H,21,23). The number of thiophene rings is 1. The minimum atomic E-state index is -3.82. The van der Waals surface area contributed by atoms with Crippen LogP contribution >= 0.6 is 11.3 Å². The number of rotatable bonds is 5. The predicted octanol–water partition coefficient (Wildman–Crippen LogP) is 1.64. The molecule has 0 saturated heterocycles. The summed E-state index contributed by atoms with van der Waals surface area (Å²) in [5.74, 6) is -1.88. The number of fused-ring (bicyclic) bond motifs is 1. The lowest BCUT2D eigenvalue weighted by Crippen LogP contribution is -2.35. The smallest absolute Gasteiger partial charge is 0.409 e. The molecule has 0 saturated carbocycles. The van der Waals surface area contributed by atoms with Crippen LogP contribution in [0.3, 0.4) is 0 Å².